The molecule has 0 atom stereocenters. The van der Waals surface area contributed by atoms with Crippen LogP contribution in [-0.2, 0) is 17.5 Å². The maximum Gasteiger partial charge on any atom is 0.416 e. The quantitative estimate of drug-likeness (QED) is 0.585. The van der Waals surface area contributed by atoms with E-state index in [-0.39, 0.29) is 36.8 Å². The lowest BCUT2D eigenvalue weighted by atomic mass is 9.91. The van der Waals surface area contributed by atoms with Gasteiger partial charge in [0.2, 0.25) is 0 Å². The molecular weight excluding hydrogens is 452 g/mol. The molecule has 32 heavy (non-hydrogen) atoms. The zero-order valence-corrected chi connectivity index (χ0v) is 17.5. The second-order valence-electron chi connectivity index (χ2n) is 7.98. The highest BCUT2D eigenvalue weighted by Crippen LogP contribution is 2.36. The van der Waals surface area contributed by atoms with Crippen molar-refractivity contribution in [3.05, 3.63) is 70.0 Å². The van der Waals surface area contributed by atoms with Gasteiger partial charge in [0, 0.05) is 31.5 Å². The van der Waals surface area contributed by atoms with Crippen LogP contribution in [0.25, 0.3) is 0 Å². The van der Waals surface area contributed by atoms with Crippen molar-refractivity contribution in [2.24, 2.45) is 0 Å². The average Bonchev–Trinajstić information content (AvgIpc) is 3.03. The van der Waals surface area contributed by atoms with Crippen molar-refractivity contribution in [1.82, 2.24) is 9.80 Å². The second-order valence-corrected chi connectivity index (χ2v) is 8.39. The maximum absolute atomic E-state index is 13.9. The summed E-state index contributed by atoms with van der Waals surface area (Å²) in [6, 6.07) is 8.78. The molecule has 0 bridgehead atoms. The SMILES string of the molecule is O=C1OC2(CCN(C(=O)c3cc(C(F)(F)F)ccc3Cl)CC2)CN1Cc1ccccc1F. The Morgan fingerprint density at radius 2 is 1.81 bits per heavy atom. The molecule has 0 unspecified atom stereocenters. The van der Waals surface area contributed by atoms with Crippen LogP contribution in [0.1, 0.15) is 34.3 Å². The molecule has 2 aromatic carbocycles. The summed E-state index contributed by atoms with van der Waals surface area (Å²) in [6.07, 6.45) is -4.52. The number of carbonyl (C=O) groups is 2. The maximum atomic E-state index is 13.9. The van der Waals surface area contributed by atoms with Gasteiger partial charge < -0.3 is 9.64 Å². The Kier molecular flexibility index (Phi) is 5.79. The molecule has 0 radical (unpaired) electrons. The van der Waals surface area contributed by atoms with E-state index in [4.69, 9.17) is 16.3 Å². The van der Waals surface area contributed by atoms with Crippen LogP contribution in [0.15, 0.2) is 42.5 Å². The second kappa shape index (κ2) is 8.27. The van der Waals surface area contributed by atoms with E-state index in [0.29, 0.717) is 18.4 Å². The molecule has 2 aliphatic heterocycles. The molecule has 1 spiro atoms. The Morgan fingerprint density at radius 1 is 1.12 bits per heavy atom. The van der Waals surface area contributed by atoms with Crippen molar-refractivity contribution in [3.8, 4) is 0 Å². The lowest BCUT2D eigenvalue weighted by molar-refractivity contribution is -0.137. The number of ether oxygens (including phenoxy) is 1. The molecule has 10 heteroatoms. The Labute approximate surface area is 186 Å². The predicted octanol–water partition coefficient (Wildman–Crippen LogP) is 5.13. The summed E-state index contributed by atoms with van der Waals surface area (Å²) in [6.45, 7) is 0.681. The smallest absolute Gasteiger partial charge is 0.416 e. The zero-order valence-electron chi connectivity index (χ0n) is 16.8. The molecule has 2 saturated heterocycles. The lowest BCUT2D eigenvalue weighted by Gasteiger charge is -2.37. The minimum atomic E-state index is -4.59. The molecule has 4 rings (SSSR count). The number of likely N-dealkylation sites (tertiary alicyclic amines) is 1. The Morgan fingerprint density at radius 3 is 2.47 bits per heavy atom. The van der Waals surface area contributed by atoms with Gasteiger partial charge in [-0.3, -0.25) is 9.69 Å². The summed E-state index contributed by atoms with van der Waals surface area (Å²) in [5.41, 5.74) is -1.63. The van der Waals surface area contributed by atoms with Gasteiger partial charge in [-0.2, -0.15) is 13.2 Å². The molecule has 5 nitrogen and oxygen atoms in total. The monoisotopic (exact) mass is 470 g/mol. The number of hydrogen-bond acceptors (Lipinski definition) is 3. The third kappa shape index (κ3) is 4.39. The normalized spacial score (nSPS) is 18.2. The van der Waals surface area contributed by atoms with Crippen molar-refractivity contribution in [3.63, 3.8) is 0 Å². The van der Waals surface area contributed by atoms with Crippen molar-refractivity contribution in [2.75, 3.05) is 19.6 Å². The minimum absolute atomic E-state index is 0.0633. The van der Waals surface area contributed by atoms with Gasteiger partial charge in [-0.25, -0.2) is 9.18 Å². The van der Waals surface area contributed by atoms with E-state index in [1.54, 1.807) is 18.2 Å². The zero-order chi connectivity index (χ0) is 23.1. The number of alkyl halides is 3. The first-order chi connectivity index (χ1) is 15.1. The van der Waals surface area contributed by atoms with Crippen LogP contribution in [-0.4, -0.2) is 47.0 Å². The van der Waals surface area contributed by atoms with E-state index in [9.17, 15) is 27.2 Å². The molecule has 2 fully saturated rings. The van der Waals surface area contributed by atoms with E-state index < -0.39 is 35.2 Å². The fourth-order valence-electron chi connectivity index (χ4n) is 4.06. The van der Waals surface area contributed by atoms with Gasteiger partial charge in [0.1, 0.15) is 11.4 Å². The highest BCUT2D eigenvalue weighted by atomic mass is 35.5. The van der Waals surface area contributed by atoms with Crippen LogP contribution in [0.3, 0.4) is 0 Å². The van der Waals surface area contributed by atoms with E-state index in [1.807, 2.05) is 0 Å². The summed E-state index contributed by atoms with van der Waals surface area (Å²) in [7, 11) is 0. The van der Waals surface area contributed by atoms with Crippen LogP contribution in [0, 0.1) is 5.82 Å². The number of nitrogens with zero attached hydrogens (tertiary/aromatic N) is 2. The first-order valence-corrected chi connectivity index (χ1v) is 10.3. The van der Waals surface area contributed by atoms with E-state index in [2.05, 4.69) is 0 Å². The first kappa shape index (κ1) is 22.4. The van der Waals surface area contributed by atoms with Crippen LogP contribution in [0.5, 0.6) is 0 Å². The van der Waals surface area contributed by atoms with Crippen molar-refractivity contribution >= 4 is 23.6 Å². The van der Waals surface area contributed by atoms with E-state index in [1.165, 1.54) is 15.9 Å². The fraction of sp³-hybridized carbons (Fsp3) is 0.364. The van der Waals surface area contributed by atoms with Gasteiger partial charge in [-0.15, -0.1) is 0 Å². The van der Waals surface area contributed by atoms with Crippen LogP contribution >= 0.6 is 11.6 Å². The third-order valence-corrected chi connectivity index (χ3v) is 6.18. The molecule has 0 aromatic heterocycles. The lowest BCUT2D eigenvalue weighted by Crippen LogP contribution is -2.48. The number of hydrogen-bond donors (Lipinski definition) is 0. The highest BCUT2D eigenvalue weighted by Gasteiger charge is 2.47. The minimum Gasteiger partial charge on any atom is -0.441 e. The fourth-order valence-corrected chi connectivity index (χ4v) is 4.26. The molecule has 2 heterocycles. The summed E-state index contributed by atoms with van der Waals surface area (Å²) in [5.74, 6) is -1.02. The standard InChI is InChI=1S/C22H19ClF4N2O3/c23-17-6-5-15(22(25,26)27)11-16(17)19(30)28-9-7-21(8-10-28)13-29(20(31)32-21)12-14-3-1-2-4-18(14)24/h1-6,11H,7-10,12-13H2. The van der Waals surface area contributed by atoms with Crippen molar-refractivity contribution in [2.45, 2.75) is 31.2 Å². The number of benzene rings is 2. The van der Waals surface area contributed by atoms with Crippen LogP contribution < -0.4 is 0 Å². The molecule has 0 N–H and O–H groups in total. The molecule has 170 valence electrons. The van der Waals surface area contributed by atoms with Gasteiger partial charge in [0.15, 0.2) is 0 Å². The van der Waals surface area contributed by atoms with Crippen LogP contribution in [0.4, 0.5) is 22.4 Å². The number of rotatable bonds is 3. The van der Waals surface area contributed by atoms with Gasteiger partial charge in [0.25, 0.3) is 5.91 Å². The van der Waals surface area contributed by atoms with Crippen LogP contribution in [0.2, 0.25) is 5.02 Å². The number of piperidine rings is 1. The third-order valence-electron chi connectivity index (χ3n) is 5.85. The van der Waals surface area contributed by atoms with Crippen molar-refractivity contribution < 1.29 is 31.9 Å². The van der Waals surface area contributed by atoms with E-state index >= 15 is 0 Å². The molecule has 2 aromatic rings. The first-order valence-electron chi connectivity index (χ1n) is 9.95. The highest BCUT2D eigenvalue weighted by molar-refractivity contribution is 6.33. The van der Waals surface area contributed by atoms with E-state index in [0.717, 1.165) is 18.2 Å². The van der Waals surface area contributed by atoms with Gasteiger partial charge >= 0.3 is 12.3 Å². The Bertz CT molecular complexity index is 1050. The summed E-state index contributed by atoms with van der Waals surface area (Å²) in [4.78, 5) is 28.0. The predicted molar refractivity (Wildman–Crippen MR) is 108 cm³/mol. The summed E-state index contributed by atoms with van der Waals surface area (Å²) >= 11 is 5.99. The van der Waals surface area contributed by atoms with Gasteiger partial charge in [0.05, 0.1) is 29.2 Å². The molecule has 0 saturated carbocycles. The topological polar surface area (TPSA) is 49.9 Å². The average molecular weight is 471 g/mol. The largest absolute Gasteiger partial charge is 0.441 e. The molecule has 0 aliphatic carbocycles. The molecule has 2 aliphatic rings. The van der Waals surface area contributed by atoms with Gasteiger partial charge in [-0.05, 0) is 24.3 Å². The molecule has 2 amide bonds. The van der Waals surface area contributed by atoms with Gasteiger partial charge in [-0.1, -0.05) is 29.8 Å². The summed E-state index contributed by atoms with van der Waals surface area (Å²) < 4.78 is 58.6. The Balaban J connectivity index is 1.43. The number of halogens is 5. The Hall–Kier alpha value is -2.81. The molecular formula is C22H19ClF4N2O3. The van der Waals surface area contributed by atoms with Crippen molar-refractivity contribution in [1.29, 1.82) is 0 Å². The number of carbonyl (C=O) groups excluding carboxylic acids is 2. The summed E-state index contributed by atoms with van der Waals surface area (Å²) in [5, 5.41) is -0.0633. The number of amides is 2.